The molecule has 0 aromatic rings. The maximum absolute atomic E-state index is 11.0. The van der Waals surface area contributed by atoms with E-state index in [0.717, 1.165) is 0 Å². The SMILES string of the molecule is O=C1OCC(OF)O1. The lowest BCUT2D eigenvalue weighted by Gasteiger charge is -1.93. The molecule has 0 saturated carbocycles. The van der Waals surface area contributed by atoms with Crippen molar-refractivity contribution < 1.29 is 23.7 Å². The Bertz CT molecular complexity index is 103. The van der Waals surface area contributed by atoms with Crippen LogP contribution < -0.4 is 0 Å². The van der Waals surface area contributed by atoms with Crippen molar-refractivity contribution in [3.63, 3.8) is 0 Å². The first-order valence-corrected chi connectivity index (χ1v) is 1.94. The van der Waals surface area contributed by atoms with Gasteiger partial charge in [0.15, 0.2) is 6.61 Å². The van der Waals surface area contributed by atoms with Crippen LogP contribution >= 0.6 is 0 Å². The van der Waals surface area contributed by atoms with E-state index in [0.29, 0.717) is 0 Å². The number of hydrogen-bond donors (Lipinski definition) is 0. The summed E-state index contributed by atoms with van der Waals surface area (Å²) in [7, 11) is 0. The zero-order chi connectivity index (χ0) is 5.98. The molecule has 0 aromatic heterocycles. The van der Waals surface area contributed by atoms with Gasteiger partial charge in [0.1, 0.15) is 0 Å². The normalized spacial score (nSPS) is 27.1. The van der Waals surface area contributed by atoms with E-state index >= 15 is 0 Å². The number of carbonyl (C=O) groups excluding carboxylic acids is 1. The Balaban J connectivity index is 2.32. The van der Waals surface area contributed by atoms with Crippen molar-refractivity contribution in [3.8, 4) is 0 Å². The Labute approximate surface area is 44.0 Å². The quantitative estimate of drug-likeness (QED) is 0.471. The highest BCUT2D eigenvalue weighted by molar-refractivity contribution is 5.61. The predicted molar refractivity (Wildman–Crippen MR) is 18.4 cm³/mol. The Morgan fingerprint density at radius 3 is 2.88 bits per heavy atom. The molecule has 0 aliphatic carbocycles. The van der Waals surface area contributed by atoms with Gasteiger partial charge in [0.05, 0.1) is 0 Å². The van der Waals surface area contributed by atoms with Crippen molar-refractivity contribution in [2.75, 3.05) is 6.61 Å². The fourth-order valence-corrected chi connectivity index (χ4v) is 0.355. The molecule has 0 bridgehead atoms. The van der Waals surface area contributed by atoms with Crippen molar-refractivity contribution in [1.82, 2.24) is 0 Å². The van der Waals surface area contributed by atoms with E-state index in [1.165, 1.54) is 0 Å². The molecule has 1 fully saturated rings. The van der Waals surface area contributed by atoms with Gasteiger partial charge in [-0.1, -0.05) is 0 Å². The van der Waals surface area contributed by atoms with E-state index < -0.39 is 12.4 Å². The molecule has 4 nitrogen and oxygen atoms in total. The van der Waals surface area contributed by atoms with Gasteiger partial charge in [-0.15, -0.1) is 4.94 Å². The number of rotatable bonds is 1. The van der Waals surface area contributed by atoms with Crippen molar-refractivity contribution in [2.45, 2.75) is 6.29 Å². The van der Waals surface area contributed by atoms with Crippen LogP contribution in [0.15, 0.2) is 0 Å². The van der Waals surface area contributed by atoms with Crippen LogP contribution in [-0.2, 0) is 14.4 Å². The summed E-state index contributed by atoms with van der Waals surface area (Å²) in [6, 6.07) is 0. The molecule has 1 aliphatic rings. The molecule has 1 aliphatic heterocycles. The van der Waals surface area contributed by atoms with Gasteiger partial charge in [0.2, 0.25) is 0 Å². The third kappa shape index (κ3) is 0.865. The van der Waals surface area contributed by atoms with Crippen LogP contribution in [0, 0.1) is 0 Å². The minimum Gasteiger partial charge on any atom is -0.427 e. The number of cyclic esters (lactones) is 2. The van der Waals surface area contributed by atoms with E-state index in [4.69, 9.17) is 0 Å². The van der Waals surface area contributed by atoms with Crippen LogP contribution in [0.2, 0.25) is 0 Å². The van der Waals surface area contributed by atoms with Crippen LogP contribution in [-0.4, -0.2) is 19.1 Å². The molecule has 5 heteroatoms. The van der Waals surface area contributed by atoms with E-state index in [9.17, 15) is 9.32 Å². The maximum atomic E-state index is 11.0. The molecule has 1 saturated heterocycles. The Kier molecular flexibility index (Phi) is 1.29. The summed E-state index contributed by atoms with van der Waals surface area (Å²) in [6.45, 7) is -0.171. The standard InChI is InChI=1S/C3H3FO4/c4-8-2-1-6-3(5)7-2/h2H,1H2. The minimum atomic E-state index is -1.16. The minimum absolute atomic E-state index is 0.171. The highest BCUT2D eigenvalue weighted by Gasteiger charge is 2.25. The average Bonchev–Trinajstić information content (AvgIpc) is 2.14. The molecule has 1 unspecified atom stereocenters. The van der Waals surface area contributed by atoms with E-state index in [2.05, 4.69) is 14.4 Å². The van der Waals surface area contributed by atoms with Crippen LogP contribution in [0.4, 0.5) is 9.32 Å². The molecular weight excluding hydrogens is 119 g/mol. The zero-order valence-electron chi connectivity index (χ0n) is 3.80. The van der Waals surface area contributed by atoms with Crippen molar-refractivity contribution in [2.24, 2.45) is 0 Å². The van der Waals surface area contributed by atoms with Gasteiger partial charge >= 0.3 is 6.16 Å². The summed E-state index contributed by atoms with van der Waals surface area (Å²) < 4.78 is 19.2. The summed E-state index contributed by atoms with van der Waals surface area (Å²) in [5.74, 6) is 0. The third-order valence-electron chi connectivity index (χ3n) is 0.664. The van der Waals surface area contributed by atoms with Crippen molar-refractivity contribution in [3.05, 3.63) is 0 Å². The van der Waals surface area contributed by atoms with Crippen LogP contribution in [0.5, 0.6) is 0 Å². The molecule has 46 valence electrons. The Morgan fingerprint density at radius 1 is 1.88 bits per heavy atom. The Morgan fingerprint density at radius 2 is 2.62 bits per heavy atom. The van der Waals surface area contributed by atoms with Crippen molar-refractivity contribution >= 4 is 6.16 Å². The number of ether oxygens (including phenoxy) is 2. The lowest BCUT2D eigenvalue weighted by molar-refractivity contribution is -0.241. The topological polar surface area (TPSA) is 44.8 Å². The smallest absolute Gasteiger partial charge is 0.427 e. The second kappa shape index (κ2) is 1.95. The summed E-state index contributed by atoms with van der Waals surface area (Å²) in [5.41, 5.74) is 0. The number of carbonyl (C=O) groups is 1. The molecule has 8 heavy (non-hydrogen) atoms. The Hall–Kier alpha value is -0.840. The van der Waals surface area contributed by atoms with Crippen LogP contribution in [0.25, 0.3) is 0 Å². The first kappa shape index (κ1) is 5.30. The first-order chi connectivity index (χ1) is 3.83. The van der Waals surface area contributed by atoms with E-state index in [-0.39, 0.29) is 6.61 Å². The summed E-state index contributed by atoms with van der Waals surface area (Å²) in [5, 5.41) is 0. The van der Waals surface area contributed by atoms with Gasteiger partial charge < -0.3 is 9.47 Å². The molecule has 0 amide bonds. The summed E-state index contributed by atoms with van der Waals surface area (Å²) >= 11 is 0. The fourth-order valence-electron chi connectivity index (χ4n) is 0.355. The highest BCUT2D eigenvalue weighted by atomic mass is 19.3. The first-order valence-electron chi connectivity index (χ1n) is 1.94. The predicted octanol–water partition coefficient (Wildman–Crippen LogP) is 0.380. The van der Waals surface area contributed by atoms with E-state index in [1.54, 1.807) is 0 Å². The monoisotopic (exact) mass is 122 g/mol. The lowest BCUT2D eigenvalue weighted by Crippen LogP contribution is -2.08. The summed E-state index contributed by atoms with van der Waals surface area (Å²) in [6.07, 6.45) is -2.06. The molecule has 0 radical (unpaired) electrons. The third-order valence-corrected chi connectivity index (χ3v) is 0.664. The fraction of sp³-hybridized carbons (Fsp3) is 0.667. The van der Waals surface area contributed by atoms with Gasteiger partial charge in [-0.25, -0.2) is 4.79 Å². The highest BCUT2D eigenvalue weighted by Crippen LogP contribution is 2.06. The zero-order valence-corrected chi connectivity index (χ0v) is 3.80. The molecule has 0 spiro atoms. The molecule has 0 N–H and O–H groups in total. The largest absolute Gasteiger partial charge is 0.511 e. The number of hydrogen-bond acceptors (Lipinski definition) is 4. The summed E-state index contributed by atoms with van der Waals surface area (Å²) in [4.78, 5) is 13.0. The van der Waals surface area contributed by atoms with Gasteiger partial charge in [-0.3, -0.25) is 0 Å². The van der Waals surface area contributed by atoms with Gasteiger partial charge in [-0.2, -0.15) is 0 Å². The number of halogens is 1. The molecule has 1 heterocycles. The second-order valence-electron chi connectivity index (χ2n) is 1.20. The van der Waals surface area contributed by atoms with Gasteiger partial charge in [-0.05, 0) is 4.53 Å². The average molecular weight is 122 g/mol. The van der Waals surface area contributed by atoms with Crippen LogP contribution in [0.3, 0.4) is 0 Å². The van der Waals surface area contributed by atoms with E-state index in [1.807, 2.05) is 0 Å². The van der Waals surface area contributed by atoms with Gasteiger partial charge in [0.25, 0.3) is 6.29 Å². The maximum Gasteiger partial charge on any atom is 0.511 e. The second-order valence-corrected chi connectivity index (χ2v) is 1.20. The van der Waals surface area contributed by atoms with Crippen LogP contribution in [0.1, 0.15) is 0 Å². The van der Waals surface area contributed by atoms with Crippen molar-refractivity contribution in [1.29, 1.82) is 0 Å². The molecule has 0 aromatic carbocycles. The molecular formula is C3H3FO4. The molecule has 1 atom stereocenters. The lowest BCUT2D eigenvalue weighted by atomic mass is 10.7. The molecule has 1 rings (SSSR count). The van der Waals surface area contributed by atoms with Gasteiger partial charge in [0, 0.05) is 0 Å².